The molecule has 4 heteroatoms. The first-order valence-electron chi connectivity index (χ1n) is 4.40. The van der Waals surface area contributed by atoms with E-state index >= 15 is 0 Å². The number of nitrogens with two attached hydrogens (primary N) is 1. The van der Waals surface area contributed by atoms with Crippen molar-refractivity contribution in [2.24, 2.45) is 5.73 Å². The molecule has 1 aromatic heterocycles. The van der Waals surface area contributed by atoms with Gasteiger partial charge in [0.15, 0.2) is 5.78 Å². The quantitative estimate of drug-likeness (QED) is 0.725. The smallest absolute Gasteiger partial charge is 0.156 e. The molecule has 1 unspecified atom stereocenters. The predicted octanol–water partition coefficient (Wildman–Crippen LogP) is 0.167. The fourth-order valence-corrected chi connectivity index (χ4v) is 1.11. The lowest BCUT2D eigenvalue weighted by Gasteiger charge is -2.08. The second kappa shape index (κ2) is 5.47. The highest BCUT2D eigenvalue weighted by Gasteiger charge is 2.13. The van der Waals surface area contributed by atoms with Crippen molar-refractivity contribution < 1.29 is 9.53 Å². The minimum absolute atomic E-state index is 0.0157. The molecule has 2 N–H and O–H groups in total. The van der Waals surface area contributed by atoms with Crippen LogP contribution in [0.4, 0.5) is 0 Å². The molecule has 0 saturated heterocycles. The second-order valence-corrected chi connectivity index (χ2v) is 3.06. The van der Waals surface area contributed by atoms with Crippen LogP contribution in [0.25, 0.3) is 0 Å². The molecule has 1 aromatic rings. The average Bonchev–Trinajstić information content (AvgIpc) is 2.19. The van der Waals surface area contributed by atoms with Crippen molar-refractivity contribution >= 4 is 5.78 Å². The number of nitrogens with zero attached hydrogens (tertiary/aromatic N) is 1. The van der Waals surface area contributed by atoms with Gasteiger partial charge in [-0.05, 0) is 17.7 Å². The van der Waals surface area contributed by atoms with E-state index in [0.717, 1.165) is 5.56 Å². The number of pyridine rings is 1. The van der Waals surface area contributed by atoms with Gasteiger partial charge in [-0.1, -0.05) is 0 Å². The van der Waals surface area contributed by atoms with Crippen LogP contribution in [0, 0.1) is 0 Å². The van der Waals surface area contributed by atoms with Gasteiger partial charge in [0.2, 0.25) is 0 Å². The van der Waals surface area contributed by atoms with Crippen molar-refractivity contribution in [3.63, 3.8) is 0 Å². The number of ketones is 1. The Labute approximate surface area is 83.1 Å². The highest BCUT2D eigenvalue weighted by Crippen LogP contribution is 2.00. The molecule has 1 heterocycles. The number of carbonyl (C=O) groups is 1. The molecule has 14 heavy (non-hydrogen) atoms. The highest BCUT2D eigenvalue weighted by atomic mass is 16.5. The van der Waals surface area contributed by atoms with Crippen LogP contribution in [0.1, 0.15) is 5.56 Å². The zero-order chi connectivity index (χ0) is 10.4. The fourth-order valence-electron chi connectivity index (χ4n) is 1.11. The summed E-state index contributed by atoms with van der Waals surface area (Å²) in [5.41, 5.74) is 6.51. The summed E-state index contributed by atoms with van der Waals surface area (Å²) in [6.45, 7) is 0.268. The molecule has 0 amide bonds. The van der Waals surface area contributed by atoms with E-state index in [9.17, 15) is 4.79 Å². The summed E-state index contributed by atoms with van der Waals surface area (Å²) < 4.78 is 4.80. The molecular formula is C10H14N2O2. The third kappa shape index (κ3) is 3.24. The monoisotopic (exact) mass is 194 g/mol. The van der Waals surface area contributed by atoms with Gasteiger partial charge in [-0.15, -0.1) is 0 Å². The maximum Gasteiger partial charge on any atom is 0.156 e. The third-order valence-corrected chi connectivity index (χ3v) is 1.89. The largest absolute Gasteiger partial charge is 0.383 e. The lowest BCUT2D eigenvalue weighted by molar-refractivity contribution is -0.120. The van der Waals surface area contributed by atoms with Crippen LogP contribution in [-0.4, -0.2) is 30.5 Å². The van der Waals surface area contributed by atoms with E-state index in [1.54, 1.807) is 24.5 Å². The Morgan fingerprint density at radius 2 is 2.21 bits per heavy atom. The molecule has 0 saturated carbocycles. The summed E-state index contributed by atoms with van der Waals surface area (Å²) in [5, 5.41) is 0. The van der Waals surface area contributed by atoms with Crippen LogP contribution < -0.4 is 5.73 Å². The topological polar surface area (TPSA) is 65.2 Å². The summed E-state index contributed by atoms with van der Waals surface area (Å²) in [6.07, 6.45) is 3.65. The lowest BCUT2D eigenvalue weighted by Crippen LogP contribution is -2.35. The van der Waals surface area contributed by atoms with Gasteiger partial charge in [0, 0.05) is 25.9 Å². The Hall–Kier alpha value is -1.26. The normalized spacial score (nSPS) is 12.4. The molecule has 0 aromatic carbocycles. The van der Waals surface area contributed by atoms with E-state index < -0.39 is 6.04 Å². The Morgan fingerprint density at radius 3 is 2.79 bits per heavy atom. The van der Waals surface area contributed by atoms with E-state index in [-0.39, 0.29) is 12.4 Å². The van der Waals surface area contributed by atoms with E-state index in [2.05, 4.69) is 4.98 Å². The van der Waals surface area contributed by atoms with E-state index in [0.29, 0.717) is 6.42 Å². The number of ether oxygens (including phenoxy) is 1. The van der Waals surface area contributed by atoms with Crippen LogP contribution in [0.15, 0.2) is 24.5 Å². The first-order chi connectivity index (χ1) is 6.74. The minimum atomic E-state index is -0.534. The van der Waals surface area contributed by atoms with Crippen molar-refractivity contribution in [1.82, 2.24) is 4.98 Å². The first-order valence-corrected chi connectivity index (χ1v) is 4.40. The van der Waals surface area contributed by atoms with Crippen LogP contribution in [0.5, 0.6) is 0 Å². The molecule has 0 aliphatic heterocycles. The van der Waals surface area contributed by atoms with Crippen molar-refractivity contribution in [3.8, 4) is 0 Å². The summed E-state index contributed by atoms with van der Waals surface area (Å²) >= 11 is 0. The first kappa shape index (κ1) is 10.8. The number of methoxy groups -OCH3 is 1. The van der Waals surface area contributed by atoms with E-state index in [1.807, 2.05) is 0 Å². The molecule has 0 radical (unpaired) electrons. The number of carbonyl (C=O) groups excluding carboxylic acids is 1. The Balaban J connectivity index is 2.49. The van der Waals surface area contributed by atoms with Gasteiger partial charge in [0.05, 0.1) is 12.6 Å². The van der Waals surface area contributed by atoms with Gasteiger partial charge in [-0.25, -0.2) is 0 Å². The van der Waals surface area contributed by atoms with Gasteiger partial charge in [0.1, 0.15) is 0 Å². The van der Waals surface area contributed by atoms with Crippen LogP contribution in [0.3, 0.4) is 0 Å². The Kier molecular flexibility index (Phi) is 4.22. The average molecular weight is 194 g/mol. The SMILES string of the molecule is COCC(N)C(=O)Cc1ccncc1. The van der Waals surface area contributed by atoms with Gasteiger partial charge in [-0.3, -0.25) is 9.78 Å². The fraction of sp³-hybridized carbons (Fsp3) is 0.400. The lowest BCUT2D eigenvalue weighted by atomic mass is 10.1. The number of Topliss-reactive ketones (excluding diaryl/α,β-unsaturated/α-hetero) is 1. The van der Waals surface area contributed by atoms with Crippen molar-refractivity contribution in [3.05, 3.63) is 30.1 Å². The third-order valence-electron chi connectivity index (χ3n) is 1.89. The van der Waals surface area contributed by atoms with Crippen molar-refractivity contribution in [2.75, 3.05) is 13.7 Å². The number of hydrogen-bond donors (Lipinski definition) is 1. The van der Waals surface area contributed by atoms with Crippen molar-refractivity contribution in [1.29, 1.82) is 0 Å². The molecule has 1 rings (SSSR count). The minimum Gasteiger partial charge on any atom is -0.383 e. The van der Waals surface area contributed by atoms with Gasteiger partial charge in [0.25, 0.3) is 0 Å². The summed E-state index contributed by atoms with van der Waals surface area (Å²) in [5.74, 6) is -0.0157. The molecule has 4 nitrogen and oxygen atoms in total. The van der Waals surface area contributed by atoms with Crippen LogP contribution >= 0.6 is 0 Å². The zero-order valence-electron chi connectivity index (χ0n) is 8.14. The second-order valence-electron chi connectivity index (χ2n) is 3.06. The standard InChI is InChI=1S/C10H14N2O2/c1-14-7-9(11)10(13)6-8-2-4-12-5-3-8/h2-5,9H,6-7,11H2,1H3. The summed E-state index contributed by atoms with van der Waals surface area (Å²) in [6, 6.07) is 3.07. The Bertz CT molecular complexity index is 287. The number of hydrogen-bond acceptors (Lipinski definition) is 4. The molecule has 76 valence electrons. The van der Waals surface area contributed by atoms with Crippen LogP contribution in [-0.2, 0) is 16.0 Å². The van der Waals surface area contributed by atoms with Crippen LogP contribution in [0.2, 0.25) is 0 Å². The van der Waals surface area contributed by atoms with E-state index in [4.69, 9.17) is 10.5 Å². The predicted molar refractivity (Wildman–Crippen MR) is 52.8 cm³/mol. The van der Waals surface area contributed by atoms with Gasteiger partial charge in [-0.2, -0.15) is 0 Å². The molecule has 1 atom stereocenters. The molecular weight excluding hydrogens is 180 g/mol. The maximum absolute atomic E-state index is 11.5. The molecule has 0 aliphatic rings. The maximum atomic E-state index is 11.5. The molecule has 0 aliphatic carbocycles. The van der Waals surface area contributed by atoms with Crippen molar-refractivity contribution in [2.45, 2.75) is 12.5 Å². The highest BCUT2D eigenvalue weighted by molar-refractivity contribution is 5.85. The number of aromatic nitrogens is 1. The molecule has 0 spiro atoms. The van der Waals surface area contributed by atoms with Gasteiger partial charge < -0.3 is 10.5 Å². The molecule has 0 bridgehead atoms. The number of rotatable bonds is 5. The summed E-state index contributed by atoms with van der Waals surface area (Å²) in [7, 11) is 1.53. The van der Waals surface area contributed by atoms with E-state index in [1.165, 1.54) is 7.11 Å². The Morgan fingerprint density at radius 1 is 1.57 bits per heavy atom. The molecule has 0 fully saturated rings. The van der Waals surface area contributed by atoms with Gasteiger partial charge >= 0.3 is 0 Å². The summed E-state index contributed by atoms with van der Waals surface area (Å²) in [4.78, 5) is 15.3. The zero-order valence-corrected chi connectivity index (χ0v) is 8.14.